The van der Waals surface area contributed by atoms with Crippen molar-refractivity contribution in [3.8, 4) is 0 Å². The van der Waals surface area contributed by atoms with Crippen LogP contribution in [0.5, 0.6) is 0 Å². The molecule has 1 fully saturated rings. The molecule has 1 aromatic carbocycles. The maximum Gasteiger partial charge on any atom is 0.247 e. The zero-order valence-corrected chi connectivity index (χ0v) is 18.4. The number of carbonyl (C=O) groups is 2. The second-order valence-corrected chi connectivity index (χ2v) is 9.55. The molecule has 1 aromatic rings. The Morgan fingerprint density at radius 1 is 1.28 bits per heavy atom. The molecule has 0 spiro atoms. The SMILES string of the molecule is CCOCCCN1C(=O)CN(S(C)(=O)=O)C[C@@]1(C)C(=O)NCc1ccc(C)cc1. The molecule has 0 aliphatic carbocycles. The van der Waals surface area contributed by atoms with Gasteiger partial charge in [0.2, 0.25) is 21.8 Å². The number of amides is 2. The molecule has 1 atom stereocenters. The van der Waals surface area contributed by atoms with Gasteiger partial charge in [-0.2, -0.15) is 4.31 Å². The molecule has 9 heteroatoms. The minimum absolute atomic E-state index is 0.0774. The lowest BCUT2D eigenvalue weighted by atomic mass is 9.95. The number of sulfonamides is 1. The van der Waals surface area contributed by atoms with Crippen molar-refractivity contribution in [2.45, 2.75) is 39.3 Å². The Morgan fingerprint density at radius 3 is 2.52 bits per heavy atom. The lowest BCUT2D eigenvalue weighted by molar-refractivity contribution is -0.153. The maximum atomic E-state index is 13.1. The number of nitrogens with one attached hydrogen (secondary N) is 1. The average Bonchev–Trinajstić information content (AvgIpc) is 2.65. The van der Waals surface area contributed by atoms with Gasteiger partial charge < -0.3 is 15.0 Å². The van der Waals surface area contributed by atoms with Gasteiger partial charge in [-0.05, 0) is 32.8 Å². The van der Waals surface area contributed by atoms with E-state index in [1.54, 1.807) is 6.92 Å². The Kier molecular flexibility index (Phi) is 7.79. The maximum absolute atomic E-state index is 13.1. The molecule has 1 heterocycles. The number of benzene rings is 1. The zero-order valence-electron chi connectivity index (χ0n) is 17.6. The fourth-order valence-electron chi connectivity index (χ4n) is 3.34. The lowest BCUT2D eigenvalue weighted by Crippen LogP contribution is -2.69. The number of hydrogen-bond acceptors (Lipinski definition) is 5. The Hall–Kier alpha value is -1.97. The average molecular weight is 426 g/mol. The van der Waals surface area contributed by atoms with E-state index in [1.165, 1.54) is 4.90 Å². The lowest BCUT2D eigenvalue weighted by Gasteiger charge is -2.46. The van der Waals surface area contributed by atoms with Crippen molar-refractivity contribution >= 4 is 21.8 Å². The van der Waals surface area contributed by atoms with Crippen molar-refractivity contribution in [2.75, 3.05) is 39.1 Å². The molecule has 2 rings (SSSR count). The number of nitrogens with zero attached hydrogens (tertiary/aromatic N) is 2. The van der Waals surface area contributed by atoms with Gasteiger partial charge in [-0.1, -0.05) is 29.8 Å². The van der Waals surface area contributed by atoms with Crippen LogP contribution in [0.4, 0.5) is 0 Å². The molecule has 162 valence electrons. The van der Waals surface area contributed by atoms with Crippen LogP contribution >= 0.6 is 0 Å². The van der Waals surface area contributed by atoms with Crippen LogP contribution in [0.1, 0.15) is 31.4 Å². The molecule has 8 nitrogen and oxygen atoms in total. The Balaban J connectivity index is 2.18. The molecular weight excluding hydrogens is 394 g/mol. The van der Waals surface area contributed by atoms with Crippen LogP contribution in [0.2, 0.25) is 0 Å². The summed E-state index contributed by atoms with van der Waals surface area (Å²) in [7, 11) is -3.61. The molecule has 1 aliphatic rings. The van der Waals surface area contributed by atoms with Gasteiger partial charge in [-0.3, -0.25) is 9.59 Å². The van der Waals surface area contributed by atoms with E-state index in [0.29, 0.717) is 32.7 Å². The molecule has 29 heavy (non-hydrogen) atoms. The topological polar surface area (TPSA) is 96.0 Å². The van der Waals surface area contributed by atoms with E-state index in [4.69, 9.17) is 4.74 Å². The number of piperazine rings is 1. The van der Waals surface area contributed by atoms with Gasteiger partial charge in [-0.15, -0.1) is 0 Å². The Morgan fingerprint density at radius 2 is 1.93 bits per heavy atom. The molecule has 0 saturated carbocycles. The molecule has 1 saturated heterocycles. The minimum atomic E-state index is -3.61. The molecule has 1 aliphatic heterocycles. The van der Waals surface area contributed by atoms with Crippen molar-refractivity contribution in [3.63, 3.8) is 0 Å². The Labute approximate surface area is 173 Å². The molecule has 2 amide bonds. The summed E-state index contributed by atoms with van der Waals surface area (Å²) >= 11 is 0. The smallest absolute Gasteiger partial charge is 0.247 e. The second-order valence-electron chi connectivity index (χ2n) is 7.57. The van der Waals surface area contributed by atoms with Gasteiger partial charge in [0.25, 0.3) is 0 Å². The molecular formula is C20H31N3O5S. The van der Waals surface area contributed by atoms with Crippen molar-refractivity contribution in [1.82, 2.24) is 14.5 Å². The summed E-state index contributed by atoms with van der Waals surface area (Å²) in [5.74, 6) is -0.762. The van der Waals surface area contributed by atoms with Crippen molar-refractivity contribution < 1.29 is 22.7 Å². The van der Waals surface area contributed by atoms with Crippen LogP contribution in [-0.2, 0) is 30.9 Å². The van der Waals surface area contributed by atoms with E-state index in [-0.39, 0.29) is 24.9 Å². The zero-order chi connectivity index (χ0) is 21.7. The predicted molar refractivity (Wildman–Crippen MR) is 111 cm³/mol. The third-order valence-corrected chi connectivity index (χ3v) is 6.30. The predicted octanol–water partition coefficient (Wildman–Crippen LogP) is 0.900. The summed E-state index contributed by atoms with van der Waals surface area (Å²) in [6, 6.07) is 7.76. The first-order chi connectivity index (χ1) is 13.6. The van der Waals surface area contributed by atoms with E-state index in [9.17, 15) is 18.0 Å². The summed E-state index contributed by atoms with van der Waals surface area (Å²) in [5, 5.41) is 2.87. The highest BCUT2D eigenvalue weighted by molar-refractivity contribution is 7.88. The summed E-state index contributed by atoms with van der Waals surface area (Å²) in [5.41, 5.74) is 0.752. The molecule has 0 radical (unpaired) electrons. The highest BCUT2D eigenvalue weighted by Crippen LogP contribution is 2.25. The van der Waals surface area contributed by atoms with Gasteiger partial charge in [0.05, 0.1) is 12.8 Å². The highest BCUT2D eigenvalue weighted by atomic mass is 32.2. The largest absolute Gasteiger partial charge is 0.382 e. The van der Waals surface area contributed by atoms with Crippen molar-refractivity contribution in [2.24, 2.45) is 0 Å². The second kappa shape index (κ2) is 9.69. The monoisotopic (exact) mass is 425 g/mol. The van der Waals surface area contributed by atoms with E-state index in [1.807, 2.05) is 38.1 Å². The van der Waals surface area contributed by atoms with Gasteiger partial charge in [0.15, 0.2) is 0 Å². The molecule has 1 N–H and O–H groups in total. The van der Waals surface area contributed by atoms with E-state index >= 15 is 0 Å². The van der Waals surface area contributed by atoms with E-state index in [2.05, 4.69) is 5.32 Å². The molecule has 0 unspecified atom stereocenters. The molecule has 0 bridgehead atoms. The molecule has 0 aromatic heterocycles. The number of ether oxygens (including phenoxy) is 1. The third-order valence-electron chi connectivity index (χ3n) is 5.10. The fourth-order valence-corrected chi connectivity index (χ4v) is 4.18. The van der Waals surface area contributed by atoms with Crippen molar-refractivity contribution in [1.29, 1.82) is 0 Å². The van der Waals surface area contributed by atoms with Gasteiger partial charge in [0, 0.05) is 32.8 Å². The first kappa shape index (κ1) is 23.3. The quantitative estimate of drug-likeness (QED) is 0.593. The van der Waals surface area contributed by atoms with Crippen molar-refractivity contribution in [3.05, 3.63) is 35.4 Å². The number of hydrogen-bond donors (Lipinski definition) is 1. The number of carbonyl (C=O) groups excluding carboxylic acids is 2. The summed E-state index contributed by atoms with van der Waals surface area (Å²) < 4.78 is 30.5. The Bertz CT molecular complexity index is 825. The van der Waals surface area contributed by atoms with Crippen LogP contribution in [0, 0.1) is 6.92 Å². The summed E-state index contributed by atoms with van der Waals surface area (Å²) in [4.78, 5) is 27.3. The number of rotatable bonds is 9. The third kappa shape index (κ3) is 6.01. The fraction of sp³-hybridized carbons (Fsp3) is 0.600. The van der Waals surface area contributed by atoms with Gasteiger partial charge in [-0.25, -0.2) is 8.42 Å². The van der Waals surface area contributed by atoms with Crippen LogP contribution in [0.15, 0.2) is 24.3 Å². The van der Waals surface area contributed by atoms with Crippen LogP contribution < -0.4 is 5.32 Å². The summed E-state index contributed by atoms with van der Waals surface area (Å²) in [6.07, 6.45) is 1.62. The summed E-state index contributed by atoms with van der Waals surface area (Å²) in [6.45, 7) is 6.82. The minimum Gasteiger partial charge on any atom is -0.382 e. The normalized spacial score (nSPS) is 20.7. The highest BCUT2D eigenvalue weighted by Gasteiger charge is 2.49. The van der Waals surface area contributed by atoms with Gasteiger partial charge in [0.1, 0.15) is 5.54 Å². The van der Waals surface area contributed by atoms with Crippen LogP contribution in [-0.4, -0.2) is 74.1 Å². The van der Waals surface area contributed by atoms with E-state index in [0.717, 1.165) is 21.7 Å². The standard InChI is InChI=1S/C20H31N3O5S/c1-5-28-12-6-11-23-18(24)14-22(29(4,26)27)15-20(23,3)19(25)21-13-17-9-7-16(2)8-10-17/h7-10H,5-6,11-15H2,1-4H3,(H,21,25)/t20-/m0/s1. The van der Waals surface area contributed by atoms with E-state index < -0.39 is 15.6 Å². The van der Waals surface area contributed by atoms with Crippen LogP contribution in [0.25, 0.3) is 0 Å². The van der Waals surface area contributed by atoms with Crippen LogP contribution in [0.3, 0.4) is 0 Å². The first-order valence-electron chi connectivity index (χ1n) is 9.75. The number of aryl methyl sites for hydroxylation is 1. The van der Waals surface area contributed by atoms with Gasteiger partial charge >= 0.3 is 0 Å². The first-order valence-corrected chi connectivity index (χ1v) is 11.6.